The van der Waals surface area contributed by atoms with Gasteiger partial charge in [-0.25, -0.2) is 0 Å². The quantitative estimate of drug-likeness (QED) is 0.708. The number of hydrogen-bond donors (Lipinski definition) is 0. The zero-order valence-corrected chi connectivity index (χ0v) is 9.83. The van der Waals surface area contributed by atoms with Gasteiger partial charge in [-0.15, -0.1) is 0 Å². The number of methoxy groups -OCH3 is 1. The lowest BCUT2D eigenvalue weighted by atomic mass is 9.96. The first-order chi connectivity index (χ1) is 6.94. The summed E-state index contributed by atoms with van der Waals surface area (Å²) in [6.45, 7) is 5.65. The number of carbonyl (C=O) groups excluding carboxylic acids is 1. The zero-order chi connectivity index (χ0) is 11.5. The minimum atomic E-state index is -0.185. The molecule has 0 saturated carbocycles. The number of Topliss-reactive ketones (excluding diaryl/α,β-unsaturated/α-hetero) is 1. The number of benzene rings is 1. The first-order valence-corrected chi connectivity index (χ1v) is 5.09. The molecule has 15 heavy (non-hydrogen) atoms. The number of rotatable bonds is 4. The summed E-state index contributed by atoms with van der Waals surface area (Å²) in [5.74, 6) is 0.104. The van der Waals surface area contributed by atoms with E-state index in [9.17, 15) is 4.79 Å². The smallest absolute Gasteiger partial charge is 0.159 e. The van der Waals surface area contributed by atoms with Gasteiger partial charge in [0.2, 0.25) is 0 Å². The van der Waals surface area contributed by atoms with E-state index >= 15 is 0 Å². The van der Waals surface area contributed by atoms with Crippen LogP contribution in [-0.2, 0) is 11.2 Å². The lowest BCUT2D eigenvalue weighted by Gasteiger charge is -2.22. The molecule has 0 fully saturated rings. The maximum absolute atomic E-state index is 11.2. The Bertz CT molecular complexity index is 353. The fraction of sp³-hybridized carbons (Fsp3) is 0.462. The van der Waals surface area contributed by atoms with Crippen LogP contribution in [0.3, 0.4) is 0 Å². The van der Waals surface area contributed by atoms with Gasteiger partial charge in [0, 0.05) is 19.1 Å². The summed E-state index contributed by atoms with van der Waals surface area (Å²) < 4.78 is 5.36. The fourth-order valence-electron chi connectivity index (χ4n) is 1.46. The molecule has 0 radical (unpaired) electrons. The van der Waals surface area contributed by atoms with Crippen molar-refractivity contribution in [2.24, 2.45) is 0 Å². The van der Waals surface area contributed by atoms with Gasteiger partial charge in [0.05, 0.1) is 5.60 Å². The molecule has 0 N–H and O–H groups in total. The second-order valence-corrected chi connectivity index (χ2v) is 4.40. The molecule has 1 aromatic carbocycles. The third kappa shape index (κ3) is 3.48. The van der Waals surface area contributed by atoms with Gasteiger partial charge in [0.1, 0.15) is 0 Å². The van der Waals surface area contributed by atoms with E-state index in [1.165, 1.54) is 0 Å². The number of ether oxygens (including phenoxy) is 1. The second kappa shape index (κ2) is 4.58. The highest BCUT2D eigenvalue weighted by atomic mass is 16.5. The molecule has 2 nitrogen and oxygen atoms in total. The van der Waals surface area contributed by atoms with Crippen LogP contribution in [0.2, 0.25) is 0 Å². The Kier molecular flexibility index (Phi) is 3.64. The standard InChI is InChI=1S/C13H18O2/c1-10(14)12-7-5-6-11(8-12)9-13(2,3)15-4/h5-8H,9H2,1-4H3. The molecule has 0 saturated heterocycles. The van der Waals surface area contributed by atoms with Crippen LogP contribution in [0, 0.1) is 0 Å². The average molecular weight is 206 g/mol. The van der Waals surface area contributed by atoms with E-state index in [1.54, 1.807) is 14.0 Å². The van der Waals surface area contributed by atoms with Crippen LogP contribution in [0.5, 0.6) is 0 Å². The maximum atomic E-state index is 11.2. The summed E-state index contributed by atoms with van der Waals surface area (Å²) in [6, 6.07) is 7.71. The molecule has 0 aliphatic heterocycles. The van der Waals surface area contributed by atoms with E-state index in [0.717, 1.165) is 17.5 Å². The maximum Gasteiger partial charge on any atom is 0.159 e. The Morgan fingerprint density at radius 3 is 2.60 bits per heavy atom. The Morgan fingerprint density at radius 1 is 1.40 bits per heavy atom. The monoisotopic (exact) mass is 206 g/mol. The zero-order valence-electron chi connectivity index (χ0n) is 9.83. The van der Waals surface area contributed by atoms with Crippen LogP contribution in [-0.4, -0.2) is 18.5 Å². The predicted molar refractivity (Wildman–Crippen MR) is 61.2 cm³/mol. The molecule has 82 valence electrons. The van der Waals surface area contributed by atoms with E-state index in [4.69, 9.17) is 4.74 Å². The minimum Gasteiger partial charge on any atom is -0.378 e. The molecule has 0 atom stereocenters. The largest absolute Gasteiger partial charge is 0.378 e. The lowest BCUT2D eigenvalue weighted by molar-refractivity contribution is 0.0232. The molecular formula is C13H18O2. The van der Waals surface area contributed by atoms with E-state index in [0.29, 0.717) is 0 Å². The summed E-state index contributed by atoms with van der Waals surface area (Å²) >= 11 is 0. The normalized spacial score (nSPS) is 11.5. The summed E-state index contributed by atoms with van der Waals surface area (Å²) in [5.41, 5.74) is 1.71. The summed E-state index contributed by atoms with van der Waals surface area (Å²) in [5, 5.41) is 0. The lowest BCUT2D eigenvalue weighted by Crippen LogP contribution is -2.25. The predicted octanol–water partition coefficient (Wildman–Crippen LogP) is 2.86. The van der Waals surface area contributed by atoms with Crippen LogP contribution < -0.4 is 0 Å². The first kappa shape index (κ1) is 11.9. The molecule has 0 amide bonds. The Hall–Kier alpha value is -1.15. The van der Waals surface area contributed by atoms with Gasteiger partial charge < -0.3 is 4.74 Å². The van der Waals surface area contributed by atoms with Crippen molar-refractivity contribution in [1.29, 1.82) is 0 Å². The van der Waals surface area contributed by atoms with Crippen LogP contribution in [0.15, 0.2) is 24.3 Å². The molecule has 0 unspecified atom stereocenters. The molecule has 0 aromatic heterocycles. The van der Waals surface area contributed by atoms with Crippen molar-refractivity contribution in [3.05, 3.63) is 35.4 Å². The average Bonchev–Trinajstić information content (AvgIpc) is 2.17. The molecule has 0 spiro atoms. The van der Waals surface area contributed by atoms with Crippen molar-refractivity contribution in [2.45, 2.75) is 32.8 Å². The van der Waals surface area contributed by atoms with Gasteiger partial charge in [-0.1, -0.05) is 18.2 Å². The molecular weight excluding hydrogens is 188 g/mol. The second-order valence-electron chi connectivity index (χ2n) is 4.40. The molecule has 0 bridgehead atoms. The topological polar surface area (TPSA) is 26.3 Å². The van der Waals surface area contributed by atoms with Crippen molar-refractivity contribution in [1.82, 2.24) is 0 Å². The highest BCUT2D eigenvalue weighted by Gasteiger charge is 2.17. The molecule has 1 aromatic rings. The van der Waals surface area contributed by atoms with Gasteiger partial charge in [0.15, 0.2) is 5.78 Å². The van der Waals surface area contributed by atoms with Gasteiger partial charge in [0.25, 0.3) is 0 Å². The fourth-order valence-corrected chi connectivity index (χ4v) is 1.46. The van der Waals surface area contributed by atoms with Gasteiger partial charge in [-0.2, -0.15) is 0 Å². The summed E-state index contributed by atoms with van der Waals surface area (Å²) in [7, 11) is 1.70. The van der Waals surface area contributed by atoms with Crippen molar-refractivity contribution in [2.75, 3.05) is 7.11 Å². The third-order valence-corrected chi connectivity index (χ3v) is 2.52. The van der Waals surface area contributed by atoms with Gasteiger partial charge in [-0.05, 0) is 32.4 Å². The molecule has 1 rings (SSSR count). The minimum absolute atomic E-state index is 0.104. The van der Waals surface area contributed by atoms with Crippen molar-refractivity contribution in [3.8, 4) is 0 Å². The van der Waals surface area contributed by atoms with Crippen molar-refractivity contribution >= 4 is 5.78 Å². The van der Waals surface area contributed by atoms with E-state index in [-0.39, 0.29) is 11.4 Å². The Balaban J connectivity index is 2.87. The van der Waals surface area contributed by atoms with Gasteiger partial charge in [-0.3, -0.25) is 4.79 Å². The summed E-state index contributed by atoms with van der Waals surface area (Å²) in [4.78, 5) is 11.2. The highest BCUT2D eigenvalue weighted by Crippen LogP contribution is 2.17. The highest BCUT2D eigenvalue weighted by molar-refractivity contribution is 5.94. The molecule has 0 aliphatic carbocycles. The van der Waals surface area contributed by atoms with Crippen molar-refractivity contribution < 1.29 is 9.53 Å². The molecule has 2 heteroatoms. The van der Waals surface area contributed by atoms with E-state index < -0.39 is 0 Å². The first-order valence-electron chi connectivity index (χ1n) is 5.09. The number of carbonyl (C=O) groups is 1. The van der Waals surface area contributed by atoms with Crippen LogP contribution in [0.25, 0.3) is 0 Å². The molecule has 0 heterocycles. The van der Waals surface area contributed by atoms with Crippen LogP contribution in [0.1, 0.15) is 36.7 Å². The number of hydrogen-bond acceptors (Lipinski definition) is 2. The van der Waals surface area contributed by atoms with Crippen LogP contribution >= 0.6 is 0 Å². The van der Waals surface area contributed by atoms with Crippen molar-refractivity contribution in [3.63, 3.8) is 0 Å². The Morgan fingerprint density at radius 2 is 2.07 bits per heavy atom. The third-order valence-electron chi connectivity index (χ3n) is 2.52. The molecule has 0 aliphatic rings. The Labute approximate surface area is 91.3 Å². The van der Waals surface area contributed by atoms with Crippen LogP contribution in [0.4, 0.5) is 0 Å². The SMILES string of the molecule is COC(C)(C)Cc1cccc(C(C)=O)c1. The van der Waals surface area contributed by atoms with E-state index in [1.807, 2.05) is 38.1 Å². The van der Waals surface area contributed by atoms with Gasteiger partial charge >= 0.3 is 0 Å². The number of ketones is 1. The summed E-state index contributed by atoms with van der Waals surface area (Å²) in [6.07, 6.45) is 0.810. The van der Waals surface area contributed by atoms with E-state index in [2.05, 4.69) is 0 Å².